The van der Waals surface area contributed by atoms with Crippen LogP contribution in [0.3, 0.4) is 0 Å². The van der Waals surface area contributed by atoms with E-state index >= 15 is 0 Å². The van der Waals surface area contributed by atoms with Crippen molar-refractivity contribution in [1.29, 1.82) is 0 Å². The summed E-state index contributed by atoms with van der Waals surface area (Å²) in [5, 5.41) is 6.44. The summed E-state index contributed by atoms with van der Waals surface area (Å²) in [6.45, 7) is 0.334. The summed E-state index contributed by atoms with van der Waals surface area (Å²) in [5.74, 6) is 0.980. The van der Waals surface area contributed by atoms with Gasteiger partial charge in [0.2, 0.25) is 0 Å². The number of carbonyl (C=O) groups excluding carboxylic acids is 1. The summed E-state index contributed by atoms with van der Waals surface area (Å²) in [6.07, 6.45) is 0.520. The Morgan fingerprint density at radius 3 is 2.07 bits per heavy atom. The molecule has 3 rings (SSSR count). The van der Waals surface area contributed by atoms with Crippen LogP contribution < -0.4 is 25.8 Å². The molecule has 1 aliphatic heterocycles. The average molecular weight is 402 g/mol. The second-order valence-electron chi connectivity index (χ2n) is 6.45. The highest BCUT2D eigenvalue weighted by molar-refractivity contribution is 7.21. The number of hydrogen-bond donors (Lipinski definition) is 3. The Balaban J connectivity index is 1.86. The van der Waals surface area contributed by atoms with Crippen molar-refractivity contribution in [2.45, 2.75) is 18.1 Å². The van der Waals surface area contributed by atoms with Crippen LogP contribution in [0, 0.1) is 0 Å². The molecule has 1 heterocycles. The Morgan fingerprint density at radius 2 is 1.57 bits per heavy atom. The number of nitrogens with one attached hydrogen (secondary N) is 2. The molecular weight excluding hydrogens is 379 g/mol. The first-order chi connectivity index (χ1) is 13.5. The van der Waals surface area contributed by atoms with E-state index in [9.17, 15) is 9.36 Å². The Bertz CT molecular complexity index is 831. The second kappa shape index (κ2) is 8.46. The number of ether oxygens (including phenoxy) is 2. The lowest BCUT2D eigenvalue weighted by atomic mass is 9.92. The molecule has 1 unspecified atom stereocenters. The molecule has 0 radical (unpaired) electrons. The molecule has 0 aromatic heterocycles. The molecule has 148 valence electrons. The monoisotopic (exact) mass is 402 g/mol. The van der Waals surface area contributed by atoms with E-state index < -0.39 is 17.6 Å². The van der Waals surface area contributed by atoms with Crippen molar-refractivity contribution < 1.29 is 18.8 Å². The maximum Gasteiger partial charge on any atom is 0.284 e. The van der Waals surface area contributed by atoms with Crippen molar-refractivity contribution in [1.82, 2.24) is 4.67 Å². The molecule has 28 heavy (non-hydrogen) atoms. The van der Waals surface area contributed by atoms with E-state index in [0.717, 1.165) is 11.4 Å². The lowest BCUT2D eigenvalue weighted by Crippen LogP contribution is -2.71. The summed E-state index contributed by atoms with van der Waals surface area (Å²) >= 11 is 0. The molecule has 0 bridgehead atoms. The molecule has 0 spiro atoms. The number of rotatable bonds is 7. The van der Waals surface area contributed by atoms with Crippen molar-refractivity contribution in [3.05, 3.63) is 48.5 Å². The van der Waals surface area contributed by atoms with Gasteiger partial charge in [-0.05, 0) is 55.0 Å². The SMILES string of the molecule is COc1ccc(NC2CCN(P=O)C(=O)[C@@]2(N)Nc2ccc(OC)cc2)cc1. The number of hydrogen-bond acceptors (Lipinski definition) is 7. The van der Waals surface area contributed by atoms with E-state index in [0.29, 0.717) is 24.4 Å². The van der Waals surface area contributed by atoms with Crippen molar-refractivity contribution in [2.24, 2.45) is 5.73 Å². The Labute approximate surface area is 165 Å². The summed E-state index contributed by atoms with van der Waals surface area (Å²) in [5.41, 5.74) is 6.53. The van der Waals surface area contributed by atoms with Gasteiger partial charge in [0.05, 0.1) is 20.3 Å². The van der Waals surface area contributed by atoms with Crippen LogP contribution in [-0.4, -0.2) is 43.0 Å². The number of anilines is 2. The summed E-state index contributed by atoms with van der Waals surface area (Å²) in [7, 11) is 2.81. The molecule has 4 N–H and O–H groups in total. The van der Waals surface area contributed by atoms with E-state index in [1.807, 2.05) is 24.3 Å². The Kier molecular flexibility index (Phi) is 6.02. The molecule has 8 nitrogen and oxygen atoms in total. The number of methoxy groups -OCH3 is 2. The van der Waals surface area contributed by atoms with Crippen molar-refractivity contribution >= 4 is 25.9 Å². The van der Waals surface area contributed by atoms with E-state index in [1.165, 1.54) is 4.67 Å². The largest absolute Gasteiger partial charge is 0.497 e. The van der Waals surface area contributed by atoms with E-state index in [1.54, 1.807) is 38.5 Å². The highest BCUT2D eigenvalue weighted by Gasteiger charge is 2.49. The lowest BCUT2D eigenvalue weighted by molar-refractivity contribution is -0.133. The number of piperidine rings is 1. The third-order valence-electron chi connectivity index (χ3n) is 4.74. The van der Waals surface area contributed by atoms with Gasteiger partial charge in [-0.15, -0.1) is 0 Å². The second-order valence-corrected chi connectivity index (χ2v) is 7.09. The quantitative estimate of drug-likeness (QED) is 0.483. The van der Waals surface area contributed by atoms with Gasteiger partial charge in [0, 0.05) is 17.9 Å². The molecule has 1 aliphatic rings. The van der Waals surface area contributed by atoms with Gasteiger partial charge in [-0.3, -0.25) is 15.2 Å². The van der Waals surface area contributed by atoms with Gasteiger partial charge in [-0.1, -0.05) is 0 Å². The predicted molar refractivity (Wildman–Crippen MR) is 108 cm³/mol. The van der Waals surface area contributed by atoms with Gasteiger partial charge in [-0.2, -0.15) is 0 Å². The van der Waals surface area contributed by atoms with Crippen LogP contribution >= 0.6 is 8.61 Å². The van der Waals surface area contributed by atoms with Crippen LogP contribution in [0.15, 0.2) is 48.5 Å². The summed E-state index contributed by atoms with van der Waals surface area (Å²) in [6, 6.07) is 14.0. The van der Waals surface area contributed by atoms with Gasteiger partial charge >= 0.3 is 0 Å². The van der Waals surface area contributed by atoms with Crippen LogP contribution in [0.2, 0.25) is 0 Å². The number of amides is 1. The Hall–Kier alpha value is -2.83. The van der Waals surface area contributed by atoms with Gasteiger partial charge in [0.1, 0.15) is 11.5 Å². The molecule has 1 amide bonds. The van der Waals surface area contributed by atoms with E-state index in [4.69, 9.17) is 15.2 Å². The molecule has 0 aliphatic carbocycles. The standard InChI is InChI=1S/C19H23N4O4P/c1-26-15-7-3-13(4-8-15)21-17-11-12-23(28-25)18(24)19(17,20)22-14-5-9-16(27-2)10-6-14/h3-10,17,21-22H,11-12,20H2,1-2H3/t17?,19-/m0/s1. The zero-order valence-corrected chi connectivity index (χ0v) is 16.6. The van der Waals surface area contributed by atoms with Crippen molar-refractivity contribution in [3.8, 4) is 11.5 Å². The minimum absolute atomic E-state index is 0.334. The third kappa shape index (κ3) is 4.03. The maximum absolute atomic E-state index is 13.0. The molecule has 2 aromatic carbocycles. The van der Waals surface area contributed by atoms with Crippen molar-refractivity contribution in [3.63, 3.8) is 0 Å². The molecular formula is C19H23N4O4P. The fourth-order valence-corrected chi connectivity index (χ4v) is 3.59. The van der Waals surface area contributed by atoms with Gasteiger partial charge in [0.15, 0.2) is 5.66 Å². The molecule has 0 saturated carbocycles. The maximum atomic E-state index is 13.0. The highest BCUT2D eigenvalue weighted by Crippen LogP contribution is 2.30. The minimum atomic E-state index is -1.48. The van der Waals surface area contributed by atoms with Crippen LogP contribution in [-0.2, 0) is 9.36 Å². The van der Waals surface area contributed by atoms with E-state index in [2.05, 4.69) is 10.6 Å². The van der Waals surface area contributed by atoms with Gasteiger partial charge in [0.25, 0.3) is 14.5 Å². The zero-order chi connectivity index (χ0) is 20.1. The topological polar surface area (TPSA) is 106 Å². The fraction of sp³-hybridized carbons (Fsp3) is 0.316. The number of nitrogens with zero attached hydrogens (tertiary/aromatic N) is 1. The van der Waals surface area contributed by atoms with Gasteiger partial charge in [-0.25, -0.2) is 4.57 Å². The molecule has 2 aromatic rings. The number of carbonyl (C=O) groups is 1. The highest BCUT2D eigenvalue weighted by atomic mass is 31.1. The Morgan fingerprint density at radius 1 is 1.04 bits per heavy atom. The zero-order valence-electron chi connectivity index (χ0n) is 15.7. The van der Waals surface area contributed by atoms with Gasteiger partial charge < -0.3 is 20.1 Å². The van der Waals surface area contributed by atoms with E-state index in [-0.39, 0.29) is 8.61 Å². The molecule has 9 heteroatoms. The van der Waals surface area contributed by atoms with Crippen LogP contribution in [0.25, 0.3) is 0 Å². The number of nitrogens with two attached hydrogens (primary N) is 1. The number of benzene rings is 2. The van der Waals surface area contributed by atoms with Crippen LogP contribution in [0.5, 0.6) is 11.5 Å². The lowest BCUT2D eigenvalue weighted by Gasteiger charge is -2.43. The van der Waals surface area contributed by atoms with Crippen LogP contribution in [0.4, 0.5) is 11.4 Å². The third-order valence-corrected chi connectivity index (χ3v) is 5.32. The normalized spacial score (nSPS) is 22.0. The fourth-order valence-electron chi connectivity index (χ4n) is 3.15. The minimum Gasteiger partial charge on any atom is -0.497 e. The van der Waals surface area contributed by atoms with Crippen LogP contribution in [0.1, 0.15) is 6.42 Å². The molecule has 1 saturated heterocycles. The predicted octanol–water partition coefficient (Wildman–Crippen LogP) is 2.69. The molecule has 2 atom stereocenters. The molecule has 1 fully saturated rings. The average Bonchev–Trinajstić information content (AvgIpc) is 2.73. The summed E-state index contributed by atoms with van der Waals surface area (Å²) in [4.78, 5) is 13.0. The smallest absolute Gasteiger partial charge is 0.284 e. The first-order valence-corrected chi connectivity index (χ1v) is 9.53. The first-order valence-electron chi connectivity index (χ1n) is 8.77. The van der Waals surface area contributed by atoms with Crippen molar-refractivity contribution in [2.75, 3.05) is 31.4 Å². The first kappa shape index (κ1) is 19.9. The summed E-state index contributed by atoms with van der Waals surface area (Å²) < 4.78 is 22.9.